The number of hydrogen-bond acceptors (Lipinski definition) is 2. The quantitative estimate of drug-likeness (QED) is 0.174. The van der Waals surface area contributed by atoms with E-state index >= 15 is 0 Å². The van der Waals surface area contributed by atoms with Crippen LogP contribution in [-0.4, -0.2) is 0 Å². The molecular formula is C51H37NO. The maximum absolute atomic E-state index is 6.75. The molecule has 252 valence electrons. The first-order valence-electron chi connectivity index (χ1n) is 18.3. The number of rotatable bonds is 6. The topological polar surface area (TPSA) is 16.4 Å². The first-order valence-corrected chi connectivity index (χ1v) is 18.3. The highest BCUT2D eigenvalue weighted by Gasteiger charge is 2.36. The van der Waals surface area contributed by atoms with E-state index < -0.39 is 0 Å². The van der Waals surface area contributed by atoms with Crippen LogP contribution in [0.5, 0.6) is 0 Å². The molecule has 0 radical (unpaired) electrons. The molecule has 0 N–H and O–H groups in total. The molecule has 0 bridgehead atoms. The first kappa shape index (κ1) is 31.1. The van der Waals surface area contributed by atoms with Gasteiger partial charge in [-0.05, 0) is 104 Å². The number of anilines is 3. The SMILES string of the molecule is CC1(C)c2ccccc2-c2cc3c(cc21)oc1cc(N(c2ccc(-c4ccccc4)cc2)c2ccc(-c4ccccc4)c(-c4ccccc4)c2)ccc13. The third kappa shape index (κ3) is 5.18. The third-order valence-electron chi connectivity index (χ3n) is 11.1. The predicted octanol–water partition coefficient (Wildman–Crippen LogP) is 14.4. The minimum Gasteiger partial charge on any atom is -0.456 e. The molecule has 1 heterocycles. The van der Waals surface area contributed by atoms with Crippen LogP contribution in [0.2, 0.25) is 0 Å². The van der Waals surface area contributed by atoms with Gasteiger partial charge in [0.1, 0.15) is 11.2 Å². The van der Waals surface area contributed by atoms with Crippen molar-refractivity contribution in [2.75, 3.05) is 4.90 Å². The number of hydrogen-bond donors (Lipinski definition) is 0. The summed E-state index contributed by atoms with van der Waals surface area (Å²) in [5.41, 5.74) is 17.3. The van der Waals surface area contributed by atoms with Gasteiger partial charge in [-0.1, -0.05) is 147 Å². The van der Waals surface area contributed by atoms with Crippen LogP contribution in [0.3, 0.4) is 0 Å². The van der Waals surface area contributed by atoms with Gasteiger partial charge in [0.05, 0.1) is 0 Å². The van der Waals surface area contributed by atoms with Crippen molar-refractivity contribution in [3.8, 4) is 44.5 Å². The van der Waals surface area contributed by atoms with Gasteiger partial charge in [0.25, 0.3) is 0 Å². The van der Waals surface area contributed by atoms with E-state index in [1.807, 2.05) is 0 Å². The van der Waals surface area contributed by atoms with Crippen LogP contribution in [0.25, 0.3) is 66.4 Å². The molecule has 0 atom stereocenters. The molecule has 1 aliphatic carbocycles. The normalized spacial score (nSPS) is 12.9. The van der Waals surface area contributed by atoms with Gasteiger partial charge >= 0.3 is 0 Å². The molecule has 0 saturated heterocycles. The fourth-order valence-electron chi connectivity index (χ4n) is 8.38. The second kappa shape index (κ2) is 12.3. The summed E-state index contributed by atoms with van der Waals surface area (Å²) in [7, 11) is 0. The van der Waals surface area contributed by atoms with Crippen LogP contribution < -0.4 is 4.90 Å². The number of nitrogens with zero attached hydrogens (tertiary/aromatic N) is 1. The van der Waals surface area contributed by atoms with Crippen molar-refractivity contribution in [1.29, 1.82) is 0 Å². The molecule has 9 aromatic rings. The van der Waals surface area contributed by atoms with Crippen LogP contribution in [0.1, 0.15) is 25.0 Å². The molecule has 10 rings (SSSR count). The number of benzene rings is 8. The molecule has 0 spiro atoms. The zero-order valence-electron chi connectivity index (χ0n) is 29.8. The predicted molar refractivity (Wildman–Crippen MR) is 222 cm³/mol. The van der Waals surface area contributed by atoms with Crippen LogP contribution in [0.15, 0.2) is 192 Å². The Morgan fingerprint density at radius 3 is 1.62 bits per heavy atom. The lowest BCUT2D eigenvalue weighted by molar-refractivity contribution is 0.647. The van der Waals surface area contributed by atoms with E-state index in [2.05, 4.69) is 207 Å². The summed E-state index contributed by atoms with van der Waals surface area (Å²) in [6, 6.07) is 67.7. The lowest BCUT2D eigenvalue weighted by Crippen LogP contribution is -2.14. The third-order valence-corrected chi connectivity index (χ3v) is 11.1. The van der Waals surface area contributed by atoms with E-state index in [0.717, 1.165) is 39.0 Å². The maximum atomic E-state index is 6.75. The highest BCUT2D eigenvalue weighted by molar-refractivity contribution is 6.09. The Kier molecular flexibility index (Phi) is 7.19. The van der Waals surface area contributed by atoms with Gasteiger partial charge in [-0.15, -0.1) is 0 Å². The second-order valence-corrected chi connectivity index (χ2v) is 14.6. The van der Waals surface area contributed by atoms with Crippen LogP contribution in [-0.2, 0) is 5.41 Å². The van der Waals surface area contributed by atoms with Crippen molar-refractivity contribution in [1.82, 2.24) is 0 Å². The average molecular weight is 680 g/mol. The van der Waals surface area contributed by atoms with Gasteiger partial charge in [0, 0.05) is 39.3 Å². The second-order valence-electron chi connectivity index (χ2n) is 14.6. The Labute approximate surface area is 310 Å². The van der Waals surface area contributed by atoms with Gasteiger partial charge in [-0.2, -0.15) is 0 Å². The van der Waals surface area contributed by atoms with Crippen molar-refractivity contribution in [3.63, 3.8) is 0 Å². The Morgan fingerprint density at radius 2 is 0.906 bits per heavy atom. The molecule has 0 amide bonds. The van der Waals surface area contributed by atoms with Crippen LogP contribution in [0, 0.1) is 0 Å². The highest BCUT2D eigenvalue weighted by atomic mass is 16.3. The molecule has 2 nitrogen and oxygen atoms in total. The Morgan fingerprint density at radius 1 is 0.358 bits per heavy atom. The van der Waals surface area contributed by atoms with Crippen molar-refractivity contribution in [3.05, 3.63) is 199 Å². The lowest BCUT2D eigenvalue weighted by Gasteiger charge is -2.27. The minimum absolute atomic E-state index is 0.0880. The molecule has 0 aliphatic heterocycles. The summed E-state index contributed by atoms with van der Waals surface area (Å²) in [5.74, 6) is 0. The molecule has 53 heavy (non-hydrogen) atoms. The maximum Gasteiger partial charge on any atom is 0.137 e. The highest BCUT2D eigenvalue weighted by Crippen LogP contribution is 2.51. The lowest BCUT2D eigenvalue weighted by atomic mass is 9.82. The largest absolute Gasteiger partial charge is 0.456 e. The van der Waals surface area contributed by atoms with E-state index in [1.54, 1.807) is 0 Å². The van der Waals surface area contributed by atoms with Crippen molar-refractivity contribution < 1.29 is 4.42 Å². The van der Waals surface area contributed by atoms with Crippen molar-refractivity contribution in [2.24, 2.45) is 0 Å². The molecule has 8 aromatic carbocycles. The first-order chi connectivity index (χ1) is 26.0. The van der Waals surface area contributed by atoms with E-state index in [1.165, 1.54) is 55.6 Å². The van der Waals surface area contributed by atoms with E-state index in [9.17, 15) is 0 Å². The number of fused-ring (bicyclic) bond motifs is 6. The molecule has 0 saturated carbocycles. The van der Waals surface area contributed by atoms with Crippen LogP contribution in [0.4, 0.5) is 17.1 Å². The van der Waals surface area contributed by atoms with Crippen molar-refractivity contribution >= 4 is 39.0 Å². The fourth-order valence-corrected chi connectivity index (χ4v) is 8.38. The monoisotopic (exact) mass is 679 g/mol. The van der Waals surface area contributed by atoms with Gasteiger partial charge in [0.15, 0.2) is 0 Å². The van der Waals surface area contributed by atoms with E-state index in [-0.39, 0.29) is 5.41 Å². The Bertz CT molecular complexity index is 2780. The summed E-state index contributed by atoms with van der Waals surface area (Å²) in [6.45, 7) is 4.63. The Balaban J connectivity index is 1.15. The van der Waals surface area contributed by atoms with Crippen LogP contribution >= 0.6 is 0 Å². The summed E-state index contributed by atoms with van der Waals surface area (Å²) >= 11 is 0. The molecule has 0 fully saturated rings. The standard InChI is InChI=1S/C51H37NO/c1-51(2)47-21-13-12-20-42(47)45-32-46-43-29-27-40(31-49(43)53-50(46)33-48(45)51)52(38-24-22-35(23-25-38)34-14-6-3-7-15-34)39-26-28-41(36-16-8-4-9-17-36)44(30-39)37-18-10-5-11-19-37/h3-33H,1-2H3. The average Bonchev–Trinajstić information content (AvgIpc) is 3.69. The zero-order chi connectivity index (χ0) is 35.5. The summed E-state index contributed by atoms with van der Waals surface area (Å²) in [6.07, 6.45) is 0. The summed E-state index contributed by atoms with van der Waals surface area (Å²) in [4.78, 5) is 2.35. The van der Waals surface area contributed by atoms with Gasteiger partial charge in [0.2, 0.25) is 0 Å². The molecule has 2 heteroatoms. The zero-order valence-corrected chi connectivity index (χ0v) is 29.8. The molecule has 1 aliphatic rings. The van der Waals surface area contributed by atoms with Gasteiger partial charge in [-0.25, -0.2) is 0 Å². The van der Waals surface area contributed by atoms with Gasteiger partial charge < -0.3 is 9.32 Å². The smallest absolute Gasteiger partial charge is 0.137 e. The molecular weight excluding hydrogens is 643 g/mol. The van der Waals surface area contributed by atoms with E-state index in [4.69, 9.17) is 4.42 Å². The summed E-state index contributed by atoms with van der Waals surface area (Å²) in [5, 5.41) is 2.27. The molecule has 1 aromatic heterocycles. The van der Waals surface area contributed by atoms with Crippen molar-refractivity contribution in [2.45, 2.75) is 19.3 Å². The van der Waals surface area contributed by atoms with Gasteiger partial charge in [-0.3, -0.25) is 0 Å². The number of furan rings is 1. The fraction of sp³-hybridized carbons (Fsp3) is 0.0588. The Hall–Kier alpha value is -6.64. The minimum atomic E-state index is -0.0880. The summed E-state index contributed by atoms with van der Waals surface area (Å²) < 4.78 is 6.75. The molecule has 0 unspecified atom stereocenters. The van der Waals surface area contributed by atoms with E-state index in [0.29, 0.717) is 0 Å².